The molecule has 3 heteroatoms. The topological polar surface area (TPSA) is 61.8 Å². The van der Waals surface area contributed by atoms with Crippen molar-refractivity contribution < 1.29 is 0 Å². The summed E-state index contributed by atoms with van der Waals surface area (Å²) in [5, 5.41) is 11.4. The van der Waals surface area contributed by atoms with Crippen molar-refractivity contribution >= 4 is 0 Å². The van der Waals surface area contributed by atoms with Crippen molar-refractivity contribution in [3.8, 4) is 6.07 Å². The summed E-state index contributed by atoms with van der Waals surface area (Å²) >= 11 is 0. The standard InChI is InChI=1S/C11H13N3/c1-9(14-11(13)7-8-12)10-5-3-2-4-6-10/h2-7,9,14H,13H2,1H3/b11-7+. The first kappa shape index (κ1) is 10.1. The Bertz CT molecular complexity index is 349. The first-order valence-electron chi connectivity index (χ1n) is 4.41. The van der Waals surface area contributed by atoms with E-state index in [2.05, 4.69) is 5.32 Å². The fraction of sp³-hybridized carbons (Fsp3) is 0.182. The van der Waals surface area contributed by atoms with Crippen LogP contribution < -0.4 is 11.1 Å². The monoisotopic (exact) mass is 187 g/mol. The van der Waals surface area contributed by atoms with Crippen LogP contribution in [-0.4, -0.2) is 0 Å². The first-order valence-corrected chi connectivity index (χ1v) is 4.41. The highest BCUT2D eigenvalue weighted by Crippen LogP contribution is 2.11. The predicted molar refractivity (Wildman–Crippen MR) is 55.9 cm³/mol. The molecule has 1 unspecified atom stereocenters. The molecule has 0 fully saturated rings. The molecule has 0 bridgehead atoms. The lowest BCUT2D eigenvalue weighted by molar-refractivity contribution is 0.648. The maximum Gasteiger partial charge on any atom is 0.107 e. The van der Waals surface area contributed by atoms with Crippen molar-refractivity contribution in [2.24, 2.45) is 5.73 Å². The molecule has 1 aromatic carbocycles. The molecule has 0 saturated carbocycles. The van der Waals surface area contributed by atoms with E-state index in [1.54, 1.807) is 0 Å². The SMILES string of the molecule is CC(N/C(N)=C/C#N)c1ccccc1. The predicted octanol–water partition coefficient (Wildman–Crippen LogP) is 1.66. The van der Waals surface area contributed by atoms with Crippen molar-refractivity contribution in [2.45, 2.75) is 13.0 Å². The fourth-order valence-corrected chi connectivity index (χ4v) is 1.19. The molecule has 72 valence electrons. The summed E-state index contributed by atoms with van der Waals surface area (Å²) < 4.78 is 0. The van der Waals surface area contributed by atoms with Gasteiger partial charge in [-0.3, -0.25) is 0 Å². The molecule has 0 spiro atoms. The van der Waals surface area contributed by atoms with E-state index in [0.717, 1.165) is 5.56 Å². The van der Waals surface area contributed by atoms with E-state index in [4.69, 9.17) is 11.0 Å². The van der Waals surface area contributed by atoms with Crippen LogP contribution in [0.3, 0.4) is 0 Å². The van der Waals surface area contributed by atoms with Crippen LogP contribution in [0.1, 0.15) is 18.5 Å². The molecule has 0 aliphatic heterocycles. The van der Waals surface area contributed by atoms with E-state index < -0.39 is 0 Å². The van der Waals surface area contributed by atoms with Gasteiger partial charge in [-0.1, -0.05) is 30.3 Å². The molecular weight excluding hydrogens is 174 g/mol. The van der Waals surface area contributed by atoms with Gasteiger partial charge in [0.15, 0.2) is 0 Å². The average molecular weight is 187 g/mol. The van der Waals surface area contributed by atoms with Crippen molar-refractivity contribution in [1.29, 1.82) is 5.26 Å². The van der Waals surface area contributed by atoms with E-state index in [0.29, 0.717) is 5.82 Å². The van der Waals surface area contributed by atoms with Gasteiger partial charge in [0.25, 0.3) is 0 Å². The van der Waals surface area contributed by atoms with Crippen LogP contribution in [0.5, 0.6) is 0 Å². The molecule has 3 N–H and O–H groups in total. The lowest BCUT2D eigenvalue weighted by atomic mass is 10.1. The first-order chi connectivity index (χ1) is 6.74. The maximum atomic E-state index is 8.37. The quantitative estimate of drug-likeness (QED) is 0.707. The van der Waals surface area contributed by atoms with Gasteiger partial charge in [0.05, 0.1) is 12.1 Å². The Balaban J connectivity index is 2.65. The Hall–Kier alpha value is -1.95. The van der Waals surface area contributed by atoms with Gasteiger partial charge >= 0.3 is 0 Å². The van der Waals surface area contributed by atoms with Gasteiger partial charge in [-0.05, 0) is 12.5 Å². The molecule has 1 atom stereocenters. The number of nitrogens with two attached hydrogens (primary N) is 1. The highest BCUT2D eigenvalue weighted by molar-refractivity contribution is 5.20. The molecule has 1 aromatic rings. The Morgan fingerprint density at radius 2 is 2.14 bits per heavy atom. The summed E-state index contributed by atoms with van der Waals surface area (Å²) in [5.41, 5.74) is 6.69. The molecule has 0 aliphatic carbocycles. The van der Waals surface area contributed by atoms with Crippen LogP contribution >= 0.6 is 0 Å². The van der Waals surface area contributed by atoms with Crippen LogP contribution in [-0.2, 0) is 0 Å². The van der Waals surface area contributed by atoms with Crippen LogP contribution in [0, 0.1) is 11.3 Å². The smallest absolute Gasteiger partial charge is 0.107 e. The molecule has 0 aliphatic rings. The molecule has 0 aromatic heterocycles. The summed E-state index contributed by atoms with van der Waals surface area (Å²) in [7, 11) is 0. The van der Waals surface area contributed by atoms with Crippen molar-refractivity contribution in [2.75, 3.05) is 0 Å². The number of nitrogens with zero attached hydrogens (tertiary/aromatic N) is 1. The minimum Gasteiger partial charge on any atom is -0.385 e. The Morgan fingerprint density at radius 3 is 2.71 bits per heavy atom. The fourth-order valence-electron chi connectivity index (χ4n) is 1.19. The highest BCUT2D eigenvalue weighted by Gasteiger charge is 2.03. The van der Waals surface area contributed by atoms with Gasteiger partial charge in [0, 0.05) is 6.04 Å². The van der Waals surface area contributed by atoms with Crippen LogP contribution in [0.2, 0.25) is 0 Å². The van der Waals surface area contributed by atoms with Gasteiger partial charge in [0.2, 0.25) is 0 Å². The van der Waals surface area contributed by atoms with E-state index >= 15 is 0 Å². The second kappa shape index (κ2) is 4.93. The third-order valence-corrected chi connectivity index (χ3v) is 1.90. The second-order valence-electron chi connectivity index (χ2n) is 3.01. The van der Waals surface area contributed by atoms with Gasteiger partial charge < -0.3 is 11.1 Å². The molecular formula is C11H13N3. The molecule has 0 radical (unpaired) electrons. The molecule has 1 rings (SSSR count). The van der Waals surface area contributed by atoms with Crippen molar-refractivity contribution in [3.63, 3.8) is 0 Å². The molecule has 0 amide bonds. The van der Waals surface area contributed by atoms with Crippen molar-refractivity contribution in [3.05, 3.63) is 47.8 Å². The summed E-state index contributed by atoms with van der Waals surface area (Å²) in [6.45, 7) is 1.99. The Morgan fingerprint density at radius 1 is 1.50 bits per heavy atom. The molecule has 14 heavy (non-hydrogen) atoms. The number of allylic oxidation sites excluding steroid dienone is 1. The molecule has 0 heterocycles. The highest BCUT2D eigenvalue weighted by atomic mass is 15.0. The van der Waals surface area contributed by atoms with Crippen LogP contribution in [0.15, 0.2) is 42.2 Å². The summed E-state index contributed by atoms with van der Waals surface area (Å²) in [6.07, 6.45) is 1.29. The molecule has 3 nitrogen and oxygen atoms in total. The second-order valence-corrected chi connectivity index (χ2v) is 3.01. The van der Waals surface area contributed by atoms with E-state index in [1.165, 1.54) is 6.08 Å². The zero-order chi connectivity index (χ0) is 10.4. The third kappa shape index (κ3) is 2.83. The van der Waals surface area contributed by atoms with Gasteiger partial charge in [-0.2, -0.15) is 5.26 Å². The molecule has 0 saturated heterocycles. The Kier molecular flexibility index (Phi) is 3.57. The number of hydrogen-bond acceptors (Lipinski definition) is 3. The summed E-state index contributed by atoms with van der Waals surface area (Å²) in [4.78, 5) is 0. The number of rotatable bonds is 3. The largest absolute Gasteiger partial charge is 0.385 e. The van der Waals surface area contributed by atoms with Crippen molar-refractivity contribution in [1.82, 2.24) is 5.32 Å². The third-order valence-electron chi connectivity index (χ3n) is 1.90. The van der Waals surface area contributed by atoms with Gasteiger partial charge in [0.1, 0.15) is 5.82 Å². The number of nitriles is 1. The number of benzene rings is 1. The Labute approximate surface area is 83.8 Å². The zero-order valence-corrected chi connectivity index (χ0v) is 8.07. The van der Waals surface area contributed by atoms with Gasteiger partial charge in [-0.25, -0.2) is 0 Å². The lowest BCUT2D eigenvalue weighted by Gasteiger charge is -2.14. The minimum atomic E-state index is 0.112. The van der Waals surface area contributed by atoms with E-state index in [9.17, 15) is 0 Å². The minimum absolute atomic E-state index is 0.112. The van der Waals surface area contributed by atoms with E-state index in [-0.39, 0.29) is 6.04 Å². The average Bonchev–Trinajstić information content (AvgIpc) is 2.19. The summed E-state index contributed by atoms with van der Waals surface area (Å²) in [5.74, 6) is 0.392. The van der Waals surface area contributed by atoms with E-state index in [1.807, 2.05) is 43.3 Å². The maximum absolute atomic E-state index is 8.37. The van der Waals surface area contributed by atoms with Crippen LogP contribution in [0.4, 0.5) is 0 Å². The van der Waals surface area contributed by atoms with Gasteiger partial charge in [-0.15, -0.1) is 0 Å². The zero-order valence-electron chi connectivity index (χ0n) is 8.07. The number of hydrogen-bond donors (Lipinski definition) is 2. The van der Waals surface area contributed by atoms with Crippen LogP contribution in [0.25, 0.3) is 0 Å². The normalized spacial score (nSPS) is 13.0. The number of nitrogens with one attached hydrogen (secondary N) is 1. The summed E-state index contributed by atoms with van der Waals surface area (Å²) in [6, 6.07) is 11.9. The lowest BCUT2D eigenvalue weighted by Crippen LogP contribution is -2.23.